The van der Waals surface area contributed by atoms with Crippen LogP contribution in [0.1, 0.15) is 11.1 Å². The molecule has 0 aliphatic rings. The molecule has 0 unspecified atom stereocenters. The van der Waals surface area contributed by atoms with E-state index in [1.165, 1.54) is 0 Å². The standard InChI is InChI=1S/C8H12N2O/c9-4-6-1-2-8(10)7(3-6)5-11/h1-3,11H,4-5,9-10H2. The van der Waals surface area contributed by atoms with Crippen LogP contribution < -0.4 is 11.5 Å². The second-order valence-electron chi connectivity index (χ2n) is 2.40. The van der Waals surface area contributed by atoms with Gasteiger partial charge in [-0.3, -0.25) is 0 Å². The first kappa shape index (κ1) is 8.04. The molecule has 0 aromatic heterocycles. The lowest BCUT2D eigenvalue weighted by molar-refractivity contribution is 0.282. The first-order valence-corrected chi connectivity index (χ1v) is 3.46. The smallest absolute Gasteiger partial charge is 0.0702 e. The Balaban J connectivity index is 3.02. The molecular weight excluding hydrogens is 140 g/mol. The van der Waals surface area contributed by atoms with E-state index in [4.69, 9.17) is 16.6 Å². The molecule has 0 aliphatic carbocycles. The van der Waals surface area contributed by atoms with Crippen LogP contribution in [0.25, 0.3) is 0 Å². The largest absolute Gasteiger partial charge is 0.398 e. The Morgan fingerprint density at radius 2 is 2.09 bits per heavy atom. The normalized spacial score (nSPS) is 10.0. The Morgan fingerprint density at radius 1 is 1.36 bits per heavy atom. The van der Waals surface area contributed by atoms with E-state index in [1.807, 2.05) is 12.1 Å². The zero-order valence-electron chi connectivity index (χ0n) is 6.25. The lowest BCUT2D eigenvalue weighted by atomic mass is 10.1. The highest BCUT2D eigenvalue weighted by Crippen LogP contribution is 2.13. The van der Waals surface area contributed by atoms with E-state index < -0.39 is 0 Å². The van der Waals surface area contributed by atoms with Gasteiger partial charge in [0, 0.05) is 17.8 Å². The number of hydrogen-bond donors (Lipinski definition) is 3. The monoisotopic (exact) mass is 152 g/mol. The van der Waals surface area contributed by atoms with E-state index in [1.54, 1.807) is 6.07 Å². The fourth-order valence-electron chi connectivity index (χ4n) is 0.923. The summed E-state index contributed by atoms with van der Waals surface area (Å²) in [5, 5.41) is 8.82. The molecule has 0 saturated carbocycles. The Bertz CT molecular complexity index is 248. The van der Waals surface area contributed by atoms with Crippen molar-refractivity contribution >= 4 is 5.69 Å². The average Bonchev–Trinajstić information content (AvgIpc) is 2.05. The summed E-state index contributed by atoms with van der Waals surface area (Å²) >= 11 is 0. The fourth-order valence-corrected chi connectivity index (χ4v) is 0.923. The Kier molecular flexibility index (Phi) is 2.46. The van der Waals surface area contributed by atoms with Crippen molar-refractivity contribution in [3.8, 4) is 0 Å². The van der Waals surface area contributed by atoms with E-state index in [0.717, 1.165) is 11.1 Å². The number of anilines is 1. The topological polar surface area (TPSA) is 72.3 Å². The van der Waals surface area contributed by atoms with Crippen molar-refractivity contribution in [1.82, 2.24) is 0 Å². The van der Waals surface area contributed by atoms with Crippen LogP contribution in [0.4, 0.5) is 5.69 Å². The van der Waals surface area contributed by atoms with Gasteiger partial charge >= 0.3 is 0 Å². The minimum Gasteiger partial charge on any atom is -0.398 e. The van der Waals surface area contributed by atoms with Gasteiger partial charge in [0.2, 0.25) is 0 Å². The molecule has 1 rings (SSSR count). The van der Waals surface area contributed by atoms with Gasteiger partial charge in [-0.15, -0.1) is 0 Å². The number of benzene rings is 1. The molecule has 0 spiro atoms. The van der Waals surface area contributed by atoms with Gasteiger partial charge in [0.1, 0.15) is 0 Å². The number of nitrogen functional groups attached to an aromatic ring is 1. The van der Waals surface area contributed by atoms with E-state index in [9.17, 15) is 0 Å². The van der Waals surface area contributed by atoms with Crippen LogP contribution in [-0.4, -0.2) is 5.11 Å². The van der Waals surface area contributed by atoms with E-state index in [-0.39, 0.29) is 6.61 Å². The molecule has 5 N–H and O–H groups in total. The van der Waals surface area contributed by atoms with Crippen molar-refractivity contribution < 1.29 is 5.11 Å². The zero-order chi connectivity index (χ0) is 8.27. The quantitative estimate of drug-likeness (QED) is 0.531. The predicted octanol–water partition coefficient (Wildman–Crippen LogP) is 0.220. The van der Waals surface area contributed by atoms with Crippen LogP contribution in [0.15, 0.2) is 18.2 Å². The summed E-state index contributed by atoms with van der Waals surface area (Å²) in [6.07, 6.45) is 0. The van der Waals surface area contributed by atoms with Crippen LogP contribution in [-0.2, 0) is 13.2 Å². The van der Waals surface area contributed by atoms with Crippen LogP contribution in [0.3, 0.4) is 0 Å². The van der Waals surface area contributed by atoms with Gasteiger partial charge in [-0.05, 0) is 11.6 Å². The molecule has 3 nitrogen and oxygen atoms in total. The van der Waals surface area contributed by atoms with Gasteiger partial charge < -0.3 is 16.6 Å². The minimum absolute atomic E-state index is 0.0281. The third kappa shape index (κ3) is 1.69. The minimum atomic E-state index is -0.0281. The molecule has 0 fully saturated rings. The summed E-state index contributed by atoms with van der Waals surface area (Å²) in [7, 11) is 0. The second kappa shape index (κ2) is 3.37. The maximum atomic E-state index is 8.82. The van der Waals surface area contributed by atoms with Crippen molar-refractivity contribution in [3.05, 3.63) is 29.3 Å². The molecule has 0 atom stereocenters. The fraction of sp³-hybridized carbons (Fsp3) is 0.250. The van der Waals surface area contributed by atoms with E-state index >= 15 is 0 Å². The number of aliphatic hydroxyl groups is 1. The lowest BCUT2D eigenvalue weighted by Gasteiger charge is -2.03. The second-order valence-corrected chi connectivity index (χ2v) is 2.40. The predicted molar refractivity (Wildman–Crippen MR) is 44.7 cm³/mol. The Hall–Kier alpha value is -1.06. The zero-order valence-corrected chi connectivity index (χ0v) is 6.25. The van der Waals surface area contributed by atoms with Gasteiger partial charge in [0.05, 0.1) is 6.61 Å². The van der Waals surface area contributed by atoms with E-state index in [2.05, 4.69) is 0 Å². The molecule has 0 radical (unpaired) electrons. The molecule has 0 saturated heterocycles. The highest BCUT2D eigenvalue weighted by molar-refractivity contribution is 5.48. The molecule has 0 aliphatic heterocycles. The molecule has 0 amide bonds. The summed E-state index contributed by atoms with van der Waals surface area (Å²) in [5.74, 6) is 0. The summed E-state index contributed by atoms with van der Waals surface area (Å²) in [4.78, 5) is 0. The van der Waals surface area contributed by atoms with Crippen LogP contribution >= 0.6 is 0 Å². The first-order chi connectivity index (χ1) is 5.27. The van der Waals surface area contributed by atoms with Gasteiger partial charge in [0.15, 0.2) is 0 Å². The highest BCUT2D eigenvalue weighted by Gasteiger charge is 1.97. The van der Waals surface area contributed by atoms with Gasteiger partial charge in [-0.2, -0.15) is 0 Å². The summed E-state index contributed by atoms with van der Waals surface area (Å²) < 4.78 is 0. The average molecular weight is 152 g/mol. The Labute approximate surface area is 65.6 Å². The molecular formula is C8H12N2O. The van der Waals surface area contributed by atoms with Crippen molar-refractivity contribution in [2.75, 3.05) is 5.73 Å². The van der Waals surface area contributed by atoms with E-state index in [0.29, 0.717) is 12.2 Å². The molecule has 3 heteroatoms. The van der Waals surface area contributed by atoms with Gasteiger partial charge in [-0.25, -0.2) is 0 Å². The third-order valence-electron chi connectivity index (χ3n) is 1.61. The van der Waals surface area contributed by atoms with Crippen molar-refractivity contribution in [2.45, 2.75) is 13.2 Å². The molecule has 0 bridgehead atoms. The van der Waals surface area contributed by atoms with Crippen molar-refractivity contribution in [3.63, 3.8) is 0 Å². The van der Waals surface area contributed by atoms with Crippen molar-refractivity contribution in [1.29, 1.82) is 0 Å². The Morgan fingerprint density at radius 3 is 2.64 bits per heavy atom. The van der Waals surface area contributed by atoms with Gasteiger partial charge in [-0.1, -0.05) is 12.1 Å². The third-order valence-corrected chi connectivity index (χ3v) is 1.61. The summed E-state index contributed by atoms with van der Waals surface area (Å²) in [5.41, 5.74) is 13.3. The molecule has 11 heavy (non-hydrogen) atoms. The number of nitrogens with two attached hydrogens (primary N) is 2. The first-order valence-electron chi connectivity index (χ1n) is 3.46. The molecule has 60 valence electrons. The molecule has 0 heterocycles. The SMILES string of the molecule is NCc1ccc(N)c(CO)c1. The highest BCUT2D eigenvalue weighted by atomic mass is 16.3. The molecule has 1 aromatic carbocycles. The maximum Gasteiger partial charge on any atom is 0.0702 e. The van der Waals surface area contributed by atoms with Crippen LogP contribution in [0.2, 0.25) is 0 Å². The number of aliphatic hydroxyl groups excluding tert-OH is 1. The van der Waals surface area contributed by atoms with Crippen LogP contribution in [0, 0.1) is 0 Å². The summed E-state index contributed by atoms with van der Waals surface area (Å²) in [6, 6.07) is 5.43. The van der Waals surface area contributed by atoms with Crippen LogP contribution in [0.5, 0.6) is 0 Å². The maximum absolute atomic E-state index is 8.82. The molecule has 1 aromatic rings. The van der Waals surface area contributed by atoms with Crippen molar-refractivity contribution in [2.24, 2.45) is 5.73 Å². The number of rotatable bonds is 2. The number of hydrogen-bond acceptors (Lipinski definition) is 3. The van der Waals surface area contributed by atoms with Gasteiger partial charge in [0.25, 0.3) is 0 Å². The lowest BCUT2D eigenvalue weighted by Crippen LogP contribution is -2.00. The summed E-state index contributed by atoms with van der Waals surface area (Å²) in [6.45, 7) is 0.451.